The summed E-state index contributed by atoms with van der Waals surface area (Å²) in [6.07, 6.45) is 0. The van der Waals surface area contributed by atoms with Gasteiger partial charge in [0, 0.05) is 18.8 Å². The van der Waals surface area contributed by atoms with Crippen LogP contribution in [-0.2, 0) is 14.8 Å². The van der Waals surface area contributed by atoms with Gasteiger partial charge < -0.3 is 15.0 Å². The van der Waals surface area contributed by atoms with Crippen LogP contribution in [0.2, 0.25) is 0 Å². The summed E-state index contributed by atoms with van der Waals surface area (Å²) >= 11 is 0. The summed E-state index contributed by atoms with van der Waals surface area (Å²) in [7, 11) is -4.03. The molecule has 0 aromatic heterocycles. The molecule has 0 aliphatic carbocycles. The fraction of sp³-hybridized carbons (Fsp3) is 0.364. The van der Waals surface area contributed by atoms with Crippen LogP contribution >= 0.6 is 0 Å². The van der Waals surface area contributed by atoms with Gasteiger partial charge in [0.15, 0.2) is 0 Å². The van der Waals surface area contributed by atoms with Crippen molar-refractivity contribution in [3.05, 3.63) is 24.0 Å². The van der Waals surface area contributed by atoms with E-state index in [2.05, 4.69) is 5.32 Å². The van der Waals surface area contributed by atoms with Gasteiger partial charge in [0.1, 0.15) is 5.82 Å². The predicted octanol–water partition coefficient (Wildman–Crippen LogP) is 0.337. The molecule has 1 saturated heterocycles. The normalized spacial score (nSPS) is 16.0. The highest BCUT2D eigenvalue weighted by Crippen LogP contribution is 2.17. The molecule has 1 aliphatic heterocycles. The van der Waals surface area contributed by atoms with Crippen LogP contribution in [-0.4, -0.2) is 45.7 Å². The number of morpholine rings is 1. The van der Waals surface area contributed by atoms with Crippen molar-refractivity contribution in [3.8, 4) is 0 Å². The number of urea groups is 1. The maximum atomic E-state index is 13.3. The number of nitrogens with two attached hydrogens (primary N) is 1. The minimum absolute atomic E-state index is 0.0329. The van der Waals surface area contributed by atoms with Crippen molar-refractivity contribution in [1.29, 1.82) is 0 Å². The van der Waals surface area contributed by atoms with E-state index in [4.69, 9.17) is 9.88 Å². The van der Waals surface area contributed by atoms with Gasteiger partial charge in [-0.3, -0.25) is 0 Å². The molecule has 1 fully saturated rings. The molecule has 0 bridgehead atoms. The van der Waals surface area contributed by atoms with E-state index in [0.29, 0.717) is 26.3 Å². The number of benzene rings is 1. The number of hydrogen-bond acceptors (Lipinski definition) is 4. The van der Waals surface area contributed by atoms with Gasteiger partial charge in [0.25, 0.3) is 0 Å². The number of carbonyl (C=O) groups excluding carboxylic acids is 1. The Kier molecular flexibility index (Phi) is 4.21. The molecule has 1 aromatic carbocycles. The van der Waals surface area contributed by atoms with Crippen LogP contribution in [0.15, 0.2) is 23.1 Å². The molecule has 9 heteroatoms. The van der Waals surface area contributed by atoms with Crippen molar-refractivity contribution < 1.29 is 22.3 Å². The number of anilines is 1. The Morgan fingerprint density at radius 3 is 2.55 bits per heavy atom. The second kappa shape index (κ2) is 5.73. The van der Waals surface area contributed by atoms with E-state index in [0.717, 1.165) is 18.2 Å². The molecule has 0 saturated carbocycles. The van der Waals surface area contributed by atoms with E-state index in [9.17, 15) is 17.6 Å². The number of sulfonamides is 1. The van der Waals surface area contributed by atoms with E-state index in [-0.39, 0.29) is 5.69 Å². The largest absolute Gasteiger partial charge is 0.378 e. The topological polar surface area (TPSA) is 102 Å². The summed E-state index contributed by atoms with van der Waals surface area (Å²) in [5.41, 5.74) is 0.0329. The molecule has 0 spiro atoms. The lowest BCUT2D eigenvalue weighted by atomic mass is 10.3. The predicted molar refractivity (Wildman–Crippen MR) is 69.2 cm³/mol. The fourth-order valence-corrected chi connectivity index (χ4v) is 2.34. The fourth-order valence-electron chi connectivity index (χ4n) is 1.77. The number of halogens is 1. The average Bonchev–Trinajstić information content (AvgIpc) is 2.38. The molecule has 1 aromatic rings. The summed E-state index contributed by atoms with van der Waals surface area (Å²) < 4.78 is 40.8. The first-order valence-electron chi connectivity index (χ1n) is 5.83. The monoisotopic (exact) mass is 303 g/mol. The zero-order chi connectivity index (χ0) is 14.8. The summed E-state index contributed by atoms with van der Waals surface area (Å²) in [5, 5.41) is 7.37. The number of nitrogens with zero attached hydrogens (tertiary/aromatic N) is 1. The summed E-state index contributed by atoms with van der Waals surface area (Å²) in [6.45, 7) is 1.70. The third-order valence-electron chi connectivity index (χ3n) is 2.75. The zero-order valence-corrected chi connectivity index (χ0v) is 11.3. The summed E-state index contributed by atoms with van der Waals surface area (Å²) in [6, 6.07) is 2.48. The van der Waals surface area contributed by atoms with Crippen molar-refractivity contribution in [3.63, 3.8) is 0 Å². The van der Waals surface area contributed by atoms with Crippen LogP contribution in [0.4, 0.5) is 14.9 Å². The van der Waals surface area contributed by atoms with E-state index in [1.165, 1.54) is 4.90 Å². The zero-order valence-electron chi connectivity index (χ0n) is 10.5. The smallest absolute Gasteiger partial charge is 0.322 e. The van der Waals surface area contributed by atoms with Crippen LogP contribution < -0.4 is 10.5 Å². The number of hydrogen-bond donors (Lipinski definition) is 2. The third-order valence-corrected chi connectivity index (χ3v) is 3.64. The molecule has 0 atom stereocenters. The molecule has 0 radical (unpaired) electrons. The van der Waals surface area contributed by atoms with Crippen LogP contribution in [0.5, 0.6) is 0 Å². The third kappa shape index (κ3) is 3.65. The van der Waals surface area contributed by atoms with Crippen LogP contribution in [0.3, 0.4) is 0 Å². The molecule has 3 N–H and O–H groups in total. The van der Waals surface area contributed by atoms with E-state index < -0.39 is 26.8 Å². The average molecular weight is 303 g/mol. The molecule has 1 heterocycles. The lowest BCUT2D eigenvalue weighted by Gasteiger charge is -2.27. The number of carbonyl (C=O) groups is 1. The number of amides is 2. The highest BCUT2D eigenvalue weighted by atomic mass is 32.2. The van der Waals surface area contributed by atoms with Gasteiger partial charge in [0.05, 0.1) is 18.1 Å². The standard InChI is InChI=1S/C11H14FN3O4S/c12-8-5-9(7-10(6-8)20(13,17)18)14-11(16)15-1-3-19-4-2-15/h5-7H,1-4H2,(H,14,16)(H2,13,17,18). The van der Waals surface area contributed by atoms with Gasteiger partial charge in [0.2, 0.25) is 10.0 Å². The van der Waals surface area contributed by atoms with Crippen molar-refractivity contribution in [2.45, 2.75) is 4.90 Å². The van der Waals surface area contributed by atoms with Crippen molar-refractivity contribution in [2.75, 3.05) is 31.6 Å². The molecule has 0 unspecified atom stereocenters. The van der Waals surface area contributed by atoms with Crippen LogP contribution in [0, 0.1) is 5.82 Å². The first-order valence-corrected chi connectivity index (χ1v) is 7.38. The first kappa shape index (κ1) is 14.7. The molecule has 20 heavy (non-hydrogen) atoms. The van der Waals surface area contributed by atoms with Crippen LogP contribution in [0.25, 0.3) is 0 Å². The number of rotatable bonds is 2. The molecule has 7 nitrogen and oxygen atoms in total. The van der Waals surface area contributed by atoms with Crippen molar-refractivity contribution in [2.24, 2.45) is 5.14 Å². The van der Waals surface area contributed by atoms with Gasteiger partial charge in [-0.15, -0.1) is 0 Å². The van der Waals surface area contributed by atoms with Gasteiger partial charge in [-0.2, -0.15) is 0 Å². The van der Waals surface area contributed by atoms with E-state index >= 15 is 0 Å². The summed E-state index contributed by atoms with van der Waals surface area (Å²) in [5.74, 6) is -0.797. The SMILES string of the molecule is NS(=O)(=O)c1cc(F)cc(NC(=O)N2CCOCC2)c1. The van der Waals surface area contributed by atoms with E-state index in [1.54, 1.807) is 0 Å². The second-order valence-corrected chi connectivity index (χ2v) is 5.81. The van der Waals surface area contributed by atoms with Crippen LogP contribution in [0.1, 0.15) is 0 Å². The molecular formula is C11H14FN3O4S. The number of nitrogens with one attached hydrogen (secondary N) is 1. The maximum Gasteiger partial charge on any atom is 0.322 e. The minimum Gasteiger partial charge on any atom is -0.378 e. The molecule has 1 aliphatic rings. The molecule has 2 amide bonds. The maximum absolute atomic E-state index is 13.3. The highest BCUT2D eigenvalue weighted by molar-refractivity contribution is 7.89. The number of ether oxygens (including phenoxy) is 1. The van der Waals surface area contributed by atoms with Gasteiger partial charge in [-0.1, -0.05) is 0 Å². The number of primary sulfonamides is 1. The van der Waals surface area contributed by atoms with Gasteiger partial charge in [-0.05, 0) is 18.2 Å². The van der Waals surface area contributed by atoms with Crippen molar-refractivity contribution >= 4 is 21.7 Å². The quantitative estimate of drug-likeness (QED) is 0.822. The summed E-state index contributed by atoms with van der Waals surface area (Å²) in [4.78, 5) is 13.0. The lowest BCUT2D eigenvalue weighted by molar-refractivity contribution is 0.0564. The molecule has 110 valence electrons. The second-order valence-electron chi connectivity index (χ2n) is 4.25. The Labute approximate surface area is 115 Å². The van der Waals surface area contributed by atoms with E-state index in [1.807, 2.05) is 0 Å². The molecule has 2 rings (SSSR count). The van der Waals surface area contributed by atoms with Gasteiger partial charge >= 0.3 is 6.03 Å². The first-order chi connectivity index (χ1) is 9.36. The minimum atomic E-state index is -4.03. The highest BCUT2D eigenvalue weighted by Gasteiger charge is 2.18. The lowest BCUT2D eigenvalue weighted by Crippen LogP contribution is -2.43. The Morgan fingerprint density at radius 2 is 1.95 bits per heavy atom. The Morgan fingerprint density at radius 1 is 1.30 bits per heavy atom. The Hall–Kier alpha value is -1.71. The molecular weight excluding hydrogens is 289 g/mol. The van der Waals surface area contributed by atoms with Gasteiger partial charge in [-0.25, -0.2) is 22.7 Å². The Bertz CT molecular complexity index is 614. The Balaban J connectivity index is 2.16. The van der Waals surface area contributed by atoms with Crippen molar-refractivity contribution in [1.82, 2.24) is 4.90 Å².